The van der Waals surface area contributed by atoms with Gasteiger partial charge >= 0.3 is 0 Å². The lowest BCUT2D eigenvalue weighted by molar-refractivity contribution is -0.116. The fraction of sp³-hybridized carbons (Fsp3) is 0.333. The summed E-state index contributed by atoms with van der Waals surface area (Å²) in [7, 11) is 0. The van der Waals surface area contributed by atoms with Crippen LogP contribution >= 0.6 is 0 Å². The van der Waals surface area contributed by atoms with Gasteiger partial charge in [0.05, 0.1) is 17.9 Å². The molecule has 26 heavy (non-hydrogen) atoms. The van der Waals surface area contributed by atoms with Crippen molar-refractivity contribution in [2.75, 3.05) is 25.0 Å². The SMILES string of the molecule is O=C(CCCOc1ccccc1)Nc1ccccc1C(=O)N1CCCC1. The number of amides is 2. The van der Waals surface area contributed by atoms with Gasteiger partial charge in [-0.1, -0.05) is 30.3 Å². The molecule has 0 bridgehead atoms. The predicted molar refractivity (Wildman–Crippen MR) is 101 cm³/mol. The Morgan fingerprint density at radius 1 is 0.962 bits per heavy atom. The molecular formula is C21H24N2O3. The molecule has 1 heterocycles. The molecule has 0 unspecified atom stereocenters. The van der Waals surface area contributed by atoms with Crippen LogP contribution in [0.25, 0.3) is 0 Å². The van der Waals surface area contributed by atoms with Crippen molar-refractivity contribution in [2.45, 2.75) is 25.7 Å². The van der Waals surface area contributed by atoms with Crippen molar-refractivity contribution < 1.29 is 14.3 Å². The molecule has 0 saturated carbocycles. The molecule has 1 saturated heterocycles. The molecule has 3 rings (SSSR count). The molecule has 1 aliphatic rings. The monoisotopic (exact) mass is 352 g/mol. The lowest BCUT2D eigenvalue weighted by Gasteiger charge is -2.18. The smallest absolute Gasteiger partial charge is 0.255 e. The molecule has 1 aliphatic heterocycles. The third-order valence-electron chi connectivity index (χ3n) is 4.38. The van der Waals surface area contributed by atoms with Gasteiger partial charge in [0, 0.05) is 19.5 Å². The van der Waals surface area contributed by atoms with Crippen LogP contribution in [0.3, 0.4) is 0 Å². The van der Waals surface area contributed by atoms with Gasteiger partial charge in [0.2, 0.25) is 5.91 Å². The Bertz CT molecular complexity index is 740. The zero-order valence-electron chi connectivity index (χ0n) is 14.8. The normalized spacial score (nSPS) is 13.5. The topological polar surface area (TPSA) is 58.6 Å². The van der Waals surface area contributed by atoms with E-state index < -0.39 is 0 Å². The van der Waals surface area contributed by atoms with Crippen molar-refractivity contribution in [2.24, 2.45) is 0 Å². The van der Waals surface area contributed by atoms with E-state index in [4.69, 9.17) is 4.74 Å². The van der Waals surface area contributed by atoms with Gasteiger partial charge in [-0.05, 0) is 43.5 Å². The van der Waals surface area contributed by atoms with Crippen LogP contribution in [0.2, 0.25) is 0 Å². The number of rotatable bonds is 7. The van der Waals surface area contributed by atoms with Gasteiger partial charge in [-0.25, -0.2) is 0 Å². The van der Waals surface area contributed by atoms with Crippen LogP contribution in [0.4, 0.5) is 5.69 Å². The highest BCUT2D eigenvalue weighted by Crippen LogP contribution is 2.20. The molecule has 1 N–H and O–H groups in total. The van der Waals surface area contributed by atoms with Gasteiger partial charge in [0.1, 0.15) is 5.75 Å². The summed E-state index contributed by atoms with van der Waals surface area (Å²) in [4.78, 5) is 26.7. The number of hydrogen-bond donors (Lipinski definition) is 1. The number of carbonyl (C=O) groups excluding carboxylic acids is 2. The number of nitrogens with zero attached hydrogens (tertiary/aromatic N) is 1. The van der Waals surface area contributed by atoms with Crippen LogP contribution in [0, 0.1) is 0 Å². The summed E-state index contributed by atoms with van der Waals surface area (Å²) >= 11 is 0. The van der Waals surface area contributed by atoms with Crippen LogP contribution < -0.4 is 10.1 Å². The van der Waals surface area contributed by atoms with E-state index in [9.17, 15) is 9.59 Å². The number of para-hydroxylation sites is 2. The minimum atomic E-state index is -0.108. The van der Waals surface area contributed by atoms with Gasteiger partial charge in [-0.2, -0.15) is 0 Å². The summed E-state index contributed by atoms with van der Waals surface area (Å²) in [6.07, 6.45) is 3.05. The van der Waals surface area contributed by atoms with E-state index >= 15 is 0 Å². The van der Waals surface area contributed by atoms with Crippen LogP contribution in [-0.4, -0.2) is 36.4 Å². The average molecular weight is 352 g/mol. The number of likely N-dealkylation sites (tertiary alicyclic amines) is 1. The van der Waals surface area contributed by atoms with Crippen molar-refractivity contribution in [3.8, 4) is 5.75 Å². The summed E-state index contributed by atoms with van der Waals surface area (Å²) in [5, 5.41) is 2.87. The lowest BCUT2D eigenvalue weighted by Crippen LogP contribution is -2.28. The summed E-state index contributed by atoms with van der Waals surface area (Å²) in [6, 6.07) is 16.7. The number of benzene rings is 2. The Kier molecular flexibility index (Phi) is 6.25. The first-order valence-electron chi connectivity index (χ1n) is 9.10. The number of carbonyl (C=O) groups is 2. The largest absolute Gasteiger partial charge is 0.494 e. The third kappa shape index (κ3) is 4.85. The number of anilines is 1. The standard InChI is InChI=1S/C21H24N2O3/c24-20(13-8-16-26-17-9-2-1-3-10-17)22-19-12-5-4-11-18(19)21(25)23-14-6-7-15-23/h1-5,9-12H,6-8,13-16H2,(H,22,24). The second-order valence-corrected chi connectivity index (χ2v) is 6.36. The van der Waals surface area contributed by atoms with E-state index in [1.54, 1.807) is 12.1 Å². The Morgan fingerprint density at radius 2 is 1.65 bits per heavy atom. The molecule has 2 amide bonds. The van der Waals surface area contributed by atoms with Crippen molar-refractivity contribution in [1.82, 2.24) is 4.90 Å². The van der Waals surface area contributed by atoms with E-state index in [1.807, 2.05) is 47.4 Å². The molecule has 0 aliphatic carbocycles. The zero-order chi connectivity index (χ0) is 18.2. The van der Waals surface area contributed by atoms with Crippen LogP contribution in [-0.2, 0) is 4.79 Å². The minimum absolute atomic E-state index is 0.00851. The lowest BCUT2D eigenvalue weighted by atomic mass is 10.1. The molecule has 1 fully saturated rings. The molecule has 0 radical (unpaired) electrons. The van der Waals surface area contributed by atoms with E-state index in [0.717, 1.165) is 31.7 Å². The predicted octanol–water partition coefficient (Wildman–Crippen LogP) is 3.72. The molecule has 2 aromatic rings. The number of hydrogen-bond acceptors (Lipinski definition) is 3. The van der Waals surface area contributed by atoms with Crippen molar-refractivity contribution >= 4 is 17.5 Å². The van der Waals surface area contributed by atoms with Crippen molar-refractivity contribution in [1.29, 1.82) is 0 Å². The molecular weight excluding hydrogens is 328 g/mol. The first kappa shape index (κ1) is 18.0. The van der Waals surface area contributed by atoms with Gasteiger partial charge < -0.3 is 15.0 Å². The van der Waals surface area contributed by atoms with Crippen molar-refractivity contribution in [3.05, 3.63) is 60.2 Å². The maximum absolute atomic E-state index is 12.6. The first-order valence-corrected chi connectivity index (χ1v) is 9.10. The maximum Gasteiger partial charge on any atom is 0.255 e. The summed E-state index contributed by atoms with van der Waals surface area (Å²) < 4.78 is 5.60. The highest BCUT2D eigenvalue weighted by atomic mass is 16.5. The Balaban J connectivity index is 1.50. The van der Waals surface area contributed by atoms with Gasteiger partial charge in [-0.15, -0.1) is 0 Å². The fourth-order valence-electron chi connectivity index (χ4n) is 3.02. The summed E-state index contributed by atoms with van der Waals surface area (Å²) in [5.74, 6) is 0.684. The molecule has 5 nitrogen and oxygen atoms in total. The van der Waals surface area contributed by atoms with E-state index in [2.05, 4.69) is 5.32 Å². The molecule has 0 atom stereocenters. The van der Waals surface area contributed by atoms with Gasteiger partial charge in [0.25, 0.3) is 5.91 Å². The molecule has 0 aromatic heterocycles. The zero-order valence-corrected chi connectivity index (χ0v) is 14.8. The van der Waals surface area contributed by atoms with Gasteiger partial charge in [-0.3, -0.25) is 9.59 Å². The molecule has 5 heteroatoms. The molecule has 0 spiro atoms. The average Bonchev–Trinajstić information content (AvgIpc) is 3.21. The maximum atomic E-state index is 12.6. The first-order chi connectivity index (χ1) is 12.7. The van der Waals surface area contributed by atoms with Gasteiger partial charge in [0.15, 0.2) is 0 Å². The third-order valence-corrected chi connectivity index (χ3v) is 4.38. The van der Waals surface area contributed by atoms with Crippen LogP contribution in [0.1, 0.15) is 36.0 Å². The quantitative estimate of drug-likeness (QED) is 0.773. The number of ether oxygens (including phenoxy) is 1. The number of nitrogens with one attached hydrogen (secondary N) is 1. The summed E-state index contributed by atoms with van der Waals surface area (Å²) in [5.41, 5.74) is 1.14. The van der Waals surface area contributed by atoms with Crippen LogP contribution in [0.15, 0.2) is 54.6 Å². The summed E-state index contributed by atoms with van der Waals surface area (Å²) in [6.45, 7) is 2.06. The highest BCUT2D eigenvalue weighted by molar-refractivity contribution is 6.03. The van der Waals surface area contributed by atoms with Crippen molar-refractivity contribution in [3.63, 3.8) is 0 Å². The fourth-order valence-corrected chi connectivity index (χ4v) is 3.02. The Hall–Kier alpha value is -2.82. The molecule has 136 valence electrons. The Morgan fingerprint density at radius 3 is 2.42 bits per heavy atom. The Labute approximate surface area is 154 Å². The van der Waals surface area contributed by atoms with E-state index in [0.29, 0.717) is 30.7 Å². The second-order valence-electron chi connectivity index (χ2n) is 6.36. The second kappa shape index (κ2) is 9.04. The van der Waals surface area contributed by atoms with Crippen LogP contribution in [0.5, 0.6) is 5.75 Å². The van der Waals surface area contributed by atoms with E-state index in [-0.39, 0.29) is 11.8 Å². The molecule has 2 aromatic carbocycles. The minimum Gasteiger partial charge on any atom is -0.494 e. The highest BCUT2D eigenvalue weighted by Gasteiger charge is 2.22. The van der Waals surface area contributed by atoms with E-state index in [1.165, 1.54) is 0 Å².